The van der Waals surface area contributed by atoms with Crippen LogP contribution in [0.25, 0.3) is 0 Å². The van der Waals surface area contributed by atoms with Crippen molar-refractivity contribution in [2.45, 2.75) is 19.6 Å². The molecule has 2 aromatic heterocycles. The molecule has 0 aromatic carbocycles. The van der Waals surface area contributed by atoms with Gasteiger partial charge >= 0.3 is 0 Å². The van der Waals surface area contributed by atoms with Crippen molar-refractivity contribution in [1.29, 1.82) is 0 Å². The Kier molecular flexibility index (Phi) is 4.13. The molecular weight excluding hydrogens is 272 g/mol. The summed E-state index contributed by atoms with van der Waals surface area (Å²) in [4.78, 5) is 11.0. The van der Waals surface area contributed by atoms with Crippen LogP contribution >= 0.6 is 11.3 Å². The van der Waals surface area contributed by atoms with Crippen molar-refractivity contribution in [1.82, 2.24) is 9.97 Å². The highest BCUT2D eigenvalue weighted by molar-refractivity contribution is 7.13. The number of nitrogens with one attached hydrogen (secondary N) is 1. The smallest absolute Gasteiger partial charge is 0.182 e. The molecule has 2 aromatic rings. The summed E-state index contributed by atoms with van der Waals surface area (Å²) >= 11 is 1.60. The van der Waals surface area contributed by atoms with Crippen LogP contribution in [0.1, 0.15) is 12.5 Å². The van der Waals surface area contributed by atoms with Crippen molar-refractivity contribution in [2.75, 3.05) is 29.9 Å². The van der Waals surface area contributed by atoms with E-state index < -0.39 is 0 Å². The van der Waals surface area contributed by atoms with E-state index in [4.69, 9.17) is 4.74 Å². The third-order valence-corrected chi connectivity index (χ3v) is 3.98. The number of rotatable bonds is 4. The number of aromatic nitrogens is 2. The normalized spacial score (nSPS) is 19.1. The molecule has 0 amide bonds. The highest BCUT2D eigenvalue weighted by Gasteiger charge is 2.17. The van der Waals surface area contributed by atoms with Crippen molar-refractivity contribution >= 4 is 22.3 Å². The minimum atomic E-state index is 0.275. The Morgan fingerprint density at radius 1 is 1.45 bits per heavy atom. The standard InChI is InChI=1S/C14H18N4OS/c1-11-10-18(5-6-19-11)13-3-2-12(8-16-13)9-17-14-15-4-7-20-14/h2-4,7-8,11H,5-6,9-10H2,1H3,(H,15,17)/t11-/m1/s1. The topological polar surface area (TPSA) is 50.3 Å². The van der Waals surface area contributed by atoms with Gasteiger partial charge in [-0.2, -0.15) is 0 Å². The third kappa shape index (κ3) is 3.26. The highest BCUT2D eigenvalue weighted by atomic mass is 32.1. The monoisotopic (exact) mass is 290 g/mol. The Bertz CT molecular complexity index is 529. The fourth-order valence-electron chi connectivity index (χ4n) is 2.22. The van der Waals surface area contributed by atoms with Gasteiger partial charge in [0.15, 0.2) is 5.13 Å². The van der Waals surface area contributed by atoms with Crippen LogP contribution in [0, 0.1) is 0 Å². The molecule has 0 radical (unpaired) electrons. The van der Waals surface area contributed by atoms with E-state index in [9.17, 15) is 0 Å². The second-order valence-electron chi connectivity index (χ2n) is 4.84. The summed E-state index contributed by atoms with van der Waals surface area (Å²) in [6, 6.07) is 4.19. The Labute approximate surface area is 122 Å². The van der Waals surface area contributed by atoms with Crippen LogP contribution < -0.4 is 10.2 Å². The first-order valence-corrected chi connectivity index (χ1v) is 7.64. The van der Waals surface area contributed by atoms with Crippen molar-refractivity contribution in [3.63, 3.8) is 0 Å². The summed E-state index contributed by atoms with van der Waals surface area (Å²) in [6.45, 7) is 5.44. The van der Waals surface area contributed by atoms with Gasteiger partial charge in [-0.3, -0.25) is 0 Å². The maximum absolute atomic E-state index is 5.55. The van der Waals surface area contributed by atoms with Gasteiger partial charge in [-0.1, -0.05) is 6.07 Å². The van der Waals surface area contributed by atoms with Crippen LogP contribution in [0.4, 0.5) is 10.9 Å². The van der Waals surface area contributed by atoms with Crippen LogP contribution in [0.5, 0.6) is 0 Å². The van der Waals surface area contributed by atoms with E-state index in [1.165, 1.54) is 0 Å². The molecule has 1 fully saturated rings. The molecule has 3 heterocycles. The molecule has 1 N–H and O–H groups in total. The lowest BCUT2D eigenvalue weighted by Crippen LogP contribution is -2.41. The minimum Gasteiger partial charge on any atom is -0.375 e. The molecule has 0 unspecified atom stereocenters. The van der Waals surface area contributed by atoms with Crippen LogP contribution in [0.2, 0.25) is 0 Å². The number of nitrogens with zero attached hydrogens (tertiary/aromatic N) is 3. The number of thiazole rings is 1. The average molecular weight is 290 g/mol. The SMILES string of the molecule is C[C@@H]1CN(c2ccc(CNc3nccs3)cn2)CCO1. The number of hydrogen-bond donors (Lipinski definition) is 1. The Morgan fingerprint density at radius 2 is 2.40 bits per heavy atom. The predicted octanol–water partition coefficient (Wildman–Crippen LogP) is 2.38. The summed E-state index contributed by atoms with van der Waals surface area (Å²) < 4.78 is 5.55. The quantitative estimate of drug-likeness (QED) is 0.937. The van der Waals surface area contributed by atoms with Crippen molar-refractivity contribution < 1.29 is 4.74 Å². The molecule has 6 heteroatoms. The molecule has 1 aliphatic heterocycles. The summed E-state index contributed by atoms with van der Waals surface area (Å²) in [6.07, 6.45) is 4.00. The summed E-state index contributed by atoms with van der Waals surface area (Å²) in [5.41, 5.74) is 1.16. The third-order valence-electron chi connectivity index (χ3n) is 3.25. The van der Waals surface area contributed by atoms with Gasteiger partial charge in [-0.15, -0.1) is 11.3 Å². The van der Waals surface area contributed by atoms with Gasteiger partial charge < -0.3 is 15.0 Å². The average Bonchev–Trinajstić information content (AvgIpc) is 2.99. The highest BCUT2D eigenvalue weighted by Crippen LogP contribution is 2.16. The van der Waals surface area contributed by atoms with Crippen molar-refractivity contribution in [3.8, 4) is 0 Å². The van der Waals surface area contributed by atoms with Gasteiger partial charge in [0.25, 0.3) is 0 Å². The molecule has 0 aliphatic carbocycles. The predicted molar refractivity (Wildman–Crippen MR) is 81.3 cm³/mol. The molecule has 1 saturated heterocycles. The van der Waals surface area contributed by atoms with Crippen LogP contribution in [-0.2, 0) is 11.3 Å². The zero-order valence-corrected chi connectivity index (χ0v) is 12.3. The first-order chi connectivity index (χ1) is 9.81. The van der Waals surface area contributed by atoms with Gasteiger partial charge in [0.1, 0.15) is 5.82 Å². The molecule has 0 spiro atoms. The Hall–Kier alpha value is -1.66. The Morgan fingerprint density at radius 3 is 3.10 bits per heavy atom. The van der Waals surface area contributed by atoms with E-state index >= 15 is 0 Å². The van der Waals surface area contributed by atoms with E-state index in [2.05, 4.69) is 39.2 Å². The summed E-state index contributed by atoms with van der Waals surface area (Å²) in [5.74, 6) is 1.03. The fourth-order valence-corrected chi connectivity index (χ4v) is 2.75. The fraction of sp³-hybridized carbons (Fsp3) is 0.429. The van der Waals surface area contributed by atoms with Gasteiger partial charge in [0.2, 0.25) is 0 Å². The zero-order valence-electron chi connectivity index (χ0n) is 11.5. The Balaban J connectivity index is 1.59. The van der Waals surface area contributed by atoms with Crippen molar-refractivity contribution in [2.24, 2.45) is 0 Å². The van der Waals surface area contributed by atoms with Crippen LogP contribution in [-0.4, -0.2) is 35.8 Å². The minimum absolute atomic E-state index is 0.275. The molecule has 1 aliphatic rings. The maximum Gasteiger partial charge on any atom is 0.182 e. The maximum atomic E-state index is 5.55. The molecule has 20 heavy (non-hydrogen) atoms. The van der Waals surface area contributed by atoms with Crippen molar-refractivity contribution in [3.05, 3.63) is 35.5 Å². The second kappa shape index (κ2) is 6.19. The number of anilines is 2. The molecule has 106 valence electrons. The molecule has 0 bridgehead atoms. The van der Waals surface area contributed by atoms with E-state index in [0.29, 0.717) is 0 Å². The zero-order chi connectivity index (χ0) is 13.8. The first kappa shape index (κ1) is 13.3. The molecular formula is C14H18N4OS. The van der Waals surface area contributed by atoms with E-state index in [-0.39, 0.29) is 6.10 Å². The number of ether oxygens (including phenoxy) is 1. The lowest BCUT2D eigenvalue weighted by atomic mass is 10.2. The second-order valence-corrected chi connectivity index (χ2v) is 5.74. The van der Waals surface area contributed by atoms with E-state index in [1.807, 2.05) is 11.6 Å². The molecule has 5 nitrogen and oxygen atoms in total. The number of hydrogen-bond acceptors (Lipinski definition) is 6. The van der Waals surface area contributed by atoms with Crippen LogP contribution in [0.3, 0.4) is 0 Å². The lowest BCUT2D eigenvalue weighted by Gasteiger charge is -2.32. The van der Waals surface area contributed by atoms with Crippen LogP contribution in [0.15, 0.2) is 29.9 Å². The van der Waals surface area contributed by atoms with Gasteiger partial charge in [-0.05, 0) is 18.6 Å². The van der Waals surface area contributed by atoms with Gasteiger partial charge in [0.05, 0.1) is 12.7 Å². The summed E-state index contributed by atoms with van der Waals surface area (Å²) in [7, 11) is 0. The molecule has 1 atom stereocenters. The molecule has 0 saturated carbocycles. The largest absolute Gasteiger partial charge is 0.375 e. The lowest BCUT2D eigenvalue weighted by molar-refractivity contribution is 0.0529. The van der Waals surface area contributed by atoms with Gasteiger partial charge in [-0.25, -0.2) is 9.97 Å². The number of morpholine rings is 1. The van der Waals surface area contributed by atoms with Gasteiger partial charge in [0, 0.05) is 37.4 Å². The first-order valence-electron chi connectivity index (χ1n) is 6.76. The summed E-state index contributed by atoms with van der Waals surface area (Å²) in [5, 5.41) is 6.18. The molecule has 3 rings (SSSR count). The number of pyridine rings is 1. The van der Waals surface area contributed by atoms with E-state index in [0.717, 1.165) is 42.8 Å². The van der Waals surface area contributed by atoms with E-state index in [1.54, 1.807) is 17.5 Å².